The molecule has 3 aromatic carbocycles. The van der Waals surface area contributed by atoms with Gasteiger partial charge in [0.25, 0.3) is 0 Å². The number of esters is 1. The van der Waals surface area contributed by atoms with E-state index in [1.807, 2.05) is 74.5 Å². The molecular weight excluding hydrogens is 561 g/mol. The number of rotatable bonds is 9. The lowest BCUT2D eigenvalue weighted by Crippen LogP contribution is -2.36. The molecule has 0 radical (unpaired) electrons. The van der Waals surface area contributed by atoms with E-state index >= 15 is 0 Å². The fourth-order valence-corrected chi connectivity index (χ4v) is 5.67. The molecule has 0 saturated heterocycles. The Morgan fingerprint density at radius 2 is 1.58 bits per heavy atom. The normalized spacial score (nSPS) is 11.7. The number of anilines is 1. The predicted molar refractivity (Wildman–Crippen MR) is 174 cm³/mol. The number of hydrogen-bond acceptors (Lipinski definition) is 6. The average molecular weight is 594 g/mol. The van der Waals surface area contributed by atoms with Crippen LogP contribution in [0, 0.1) is 5.82 Å². The van der Waals surface area contributed by atoms with Crippen molar-refractivity contribution < 1.29 is 13.9 Å². The highest BCUT2D eigenvalue weighted by Gasteiger charge is 2.23. The van der Waals surface area contributed by atoms with E-state index in [4.69, 9.17) is 9.73 Å². The molecule has 0 saturated carbocycles. The highest BCUT2D eigenvalue weighted by Crippen LogP contribution is 2.46. The maximum Gasteiger partial charge on any atom is 0.330 e. The number of ether oxygens (including phenoxy) is 1. The third-order valence-corrected chi connectivity index (χ3v) is 7.79. The zero-order chi connectivity index (χ0) is 30.2. The van der Waals surface area contributed by atoms with E-state index in [0.29, 0.717) is 35.3 Å². The van der Waals surface area contributed by atoms with Crippen LogP contribution in [0.25, 0.3) is 38.7 Å². The van der Waals surface area contributed by atoms with Crippen molar-refractivity contribution in [2.75, 3.05) is 25.0 Å². The first-order valence-corrected chi connectivity index (χ1v) is 15.0. The van der Waals surface area contributed by atoms with Gasteiger partial charge in [0.05, 0.1) is 17.2 Å². The second-order valence-corrected chi connectivity index (χ2v) is 10.5. The van der Waals surface area contributed by atoms with Crippen LogP contribution in [0.2, 0.25) is 0 Å². The monoisotopic (exact) mass is 593 g/mol. The van der Waals surface area contributed by atoms with Crippen molar-refractivity contribution in [3.63, 3.8) is 0 Å². The summed E-state index contributed by atoms with van der Waals surface area (Å²) in [6.07, 6.45) is 3.13. The Morgan fingerprint density at radius 3 is 2.21 bits per heavy atom. The van der Waals surface area contributed by atoms with Gasteiger partial charge >= 0.3 is 5.97 Å². The van der Waals surface area contributed by atoms with Crippen LogP contribution in [0.1, 0.15) is 25.6 Å². The van der Waals surface area contributed by atoms with Gasteiger partial charge in [0.2, 0.25) is 5.96 Å². The van der Waals surface area contributed by atoms with Crippen molar-refractivity contribution in [3.8, 4) is 22.4 Å². The number of aromatic nitrogens is 2. The highest BCUT2D eigenvalue weighted by molar-refractivity contribution is 7.20. The van der Waals surface area contributed by atoms with Crippen molar-refractivity contribution in [3.05, 3.63) is 102 Å². The van der Waals surface area contributed by atoms with Gasteiger partial charge in [0, 0.05) is 41.4 Å². The molecule has 9 heteroatoms. The van der Waals surface area contributed by atoms with Gasteiger partial charge in [0.1, 0.15) is 16.3 Å². The minimum Gasteiger partial charge on any atom is -0.463 e. The molecule has 0 aliphatic heterocycles. The maximum atomic E-state index is 13.7. The van der Waals surface area contributed by atoms with Crippen LogP contribution >= 0.6 is 11.3 Å². The van der Waals surface area contributed by atoms with Gasteiger partial charge in [-0.1, -0.05) is 60.7 Å². The Kier molecular flexibility index (Phi) is 9.53. The van der Waals surface area contributed by atoms with E-state index in [0.717, 1.165) is 32.6 Å². The number of thiophene rings is 1. The van der Waals surface area contributed by atoms with Crippen LogP contribution in [0.4, 0.5) is 15.8 Å². The standard InChI is InChI=1S/C34H32FN5O2S/c1-4-40(5-2)34(36-26-19-17-25(35)18-20-26)37-32-27(21-22-28(41)42-6-3)43-33-30(32)29(23-13-9-7-10-14-23)31(38-39-33)24-15-11-8-12-16-24/h7-22H,4-6H2,1-3H3,(H,36,37)/b22-21+. The average Bonchev–Trinajstić information content (AvgIpc) is 3.39. The highest BCUT2D eigenvalue weighted by atomic mass is 32.1. The quantitative estimate of drug-likeness (QED) is 0.0804. The van der Waals surface area contributed by atoms with E-state index < -0.39 is 5.97 Å². The number of guanidine groups is 1. The van der Waals surface area contributed by atoms with Crippen LogP contribution in [0.3, 0.4) is 0 Å². The van der Waals surface area contributed by atoms with E-state index in [1.165, 1.54) is 29.5 Å². The molecule has 43 heavy (non-hydrogen) atoms. The molecule has 0 aliphatic carbocycles. The van der Waals surface area contributed by atoms with Gasteiger partial charge in [-0.3, -0.25) is 0 Å². The van der Waals surface area contributed by atoms with E-state index in [1.54, 1.807) is 25.1 Å². The minimum atomic E-state index is -0.442. The van der Waals surface area contributed by atoms with Crippen molar-refractivity contribution in [1.82, 2.24) is 15.1 Å². The largest absolute Gasteiger partial charge is 0.463 e. The summed E-state index contributed by atoms with van der Waals surface area (Å²) in [7, 11) is 0. The molecular formula is C34H32FN5O2S. The smallest absolute Gasteiger partial charge is 0.330 e. The van der Waals surface area contributed by atoms with Gasteiger partial charge in [-0.05, 0) is 56.7 Å². The maximum absolute atomic E-state index is 13.7. The first-order valence-electron chi connectivity index (χ1n) is 14.2. The van der Waals surface area contributed by atoms with Gasteiger partial charge < -0.3 is 15.0 Å². The van der Waals surface area contributed by atoms with Gasteiger partial charge in [-0.2, -0.15) is 0 Å². The molecule has 0 amide bonds. The van der Waals surface area contributed by atoms with Crippen molar-refractivity contribution in [1.29, 1.82) is 0 Å². The molecule has 0 bridgehead atoms. The Balaban J connectivity index is 1.82. The second kappa shape index (κ2) is 13.8. The summed E-state index contributed by atoms with van der Waals surface area (Å²) < 4.78 is 18.9. The van der Waals surface area contributed by atoms with Crippen LogP contribution in [0.5, 0.6) is 0 Å². The van der Waals surface area contributed by atoms with Crippen LogP contribution in [-0.2, 0) is 9.53 Å². The first-order chi connectivity index (χ1) is 21.0. The number of nitrogens with zero attached hydrogens (tertiary/aromatic N) is 4. The first kappa shape index (κ1) is 29.6. The number of hydrogen-bond donors (Lipinski definition) is 1. The Bertz CT molecular complexity index is 1750. The van der Waals surface area contributed by atoms with E-state index in [2.05, 4.69) is 20.4 Å². The molecule has 2 aromatic heterocycles. The zero-order valence-corrected chi connectivity index (χ0v) is 25.1. The molecule has 0 fully saturated rings. The number of benzene rings is 3. The topological polar surface area (TPSA) is 79.7 Å². The summed E-state index contributed by atoms with van der Waals surface area (Å²) in [6, 6.07) is 26.2. The molecule has 0 atom stereocenters. The Labute approximate surface area is 254 Å². The molecule has 5 aromatic rings. The van der Waals surface area contributed by atoms with E-state index in [9.17, 15) is 9.18 Å². The molecule has 7 nitrogen and oxygen atoms in total. The molecule has 0 aliphatic rings. The lowest BCUT2D eigenvalue weighted by atomic mass is 9.96. The summed E-state index contributed by atoms with van der Waals surface area (Å²) >= 11 is 1.40. The van der Waals surface area contributed by atoms with Crippen molar-refractivity contribution >= 4 is 50.9 Å². The van der Waals surface area contributed by atoms with Crippen molar-refractivity contribution in [2.45, 2.75) is 20.8 Å². The summed E-state index contributed by atoms with van der Waals surface area (Å²) in [5, 5.41) is 13.5. The fourth-order valence-electron chi connectivity index (χ4n) is 4.70. The van der Waals surface area contributed by atoms with E-state index in [-0.39, 0.29) is 12.4 Å². The summed E-state index contributed by atoms with van der Waals surface area (Å²) in [5.41, 5.74) is 4.85. The molecule has 1 N–H and O–H groups in total. The Morgan fingerprint density at radius 1 is 0.930 bits per heavy atom. The second-order valence-electron chi connectivity index (χ2n) is 9.48. The molecule has 2 heterocycles. The summed E-state index contributed by atoms with van der Waals surface area (Å²) in [5.74, 6) is -0.177. The number of halogens is 1. The molecule has 0 unspecified atom stereocenters. The zero-order valence-electron chi connectivity index (χ0n) is 24.3. The number of carbonyl (C=O) groups excluding carboxylic acids is 1. The van der Waals surface area contributed by atoms with Crippen LogP contribution < -0.4 is 5.32 Å². The van der Waals surface area contributed by atoms with Crippen molar-refractivity contribution in [2.24, 2.45) is 4.99 Å². The predicted octanol–water partition coefficient (Wildman–Crippen LogP) is 8.18. The number of carbonyl (C=O) groups is 1. The van der Waals surface area contributed by atoms with Crippen LogP contribution in [-0.4, -0.2) is 46.7 Å². The lowest BCUT2D eigenvalue weighted by molar-refractivity contribution is -0.137. The van der Waals surface area contributed by atoms with Gasteiger partial charge in [0.15, 0.2) is 0 Å². The van der Waals surface area contributed by atoms with Crippen LogP contribution in [0.15, 0.2) is 96.0 Å². The number of fused-ring (bicyclic) bond motifs is 1. The number of nitrogens with one attached hydrogen (secondary N) is 1. The third kappa shape index (κ3) is 6.79. The van der Waals surface area contributed by atoms with Gasteiger partial charge in [-0.25, -0.2) is 14.2 Å². The lowest BCUT2D eigenvalue weighted by Gasteiger charge is -2.24. The SMILES string of the molecule is CCOC(=O)/C=C/c1sc2nnc(-c3ccccc3)c(-c3ccccc3)c2c1N=C(Nc1ccc(F)cc1)N(CC)CC. The molecule has 218 valence electrons. The molecule has 5 rings (SSSR count). The summed E-state index contributed by atoms with van der Waals surface area (Å²) in [6.45, 7) is 7.50. The van der Waals surface area contributed by atoms with Gasteiger partial charge in [-0.15, -0.1) is 21.5 Å². The third-order valence-electron chi connectivity index (χ3n) is 6.77. The Hall–Kier alpha value is -4.89. The number of aliphatic imine (C=N–C) groups is 1. The fraction of sp³-hybridized carbons (Fsp3) is 0.176. The molecule has 0 spiro atoms. The minimum absolute atomic E-state index is 0.276. The summed E-state index contributed by atoms with van der Waals surface area (Å²) in [4.78, 5) is 21.1.